The molecule has 140 valence electrons. The van der Waals surface area contributed by atoms with Gasteiger partial charge in [0.1, 0.15) is 12.4 Å². The van der Waals surface area contributed by atoms with E-state index in [1.54, 1.807) is 0 Å². The standard InChI is InChI=1S/C15H24N4O2.3ClH/c1-18-6-8-19(9-7-18)10-11-21-14-4-2-13(3-5-14)17-15(20)12-16;;;/h2-5H,6-12,16H2,1H3,(H,17,20);3*1H. The molecule has 1 aliphatic rings. The fourth-order valence-electron chi connectivity index (χ4n) is 2.21. The normalized spacial score (nSPS) is 14.6. The Morgan fingerprint density at radius 1 is 1.12 bits per heavy atom. The third kappa shape index (κ3) is 8.92. The first-order chi connectivity index (χ1) is 10.2. The molecule has 0 radical (unpaired) electrons. The van der Waals surface area contributed by atoms with Crippen LogP contribution in [0.25, 0.3) is 0 Å². The zero-order valence-electron chi connectivity index (χ0n) is 13.8. The summed E-state index contributed by atoms with van der Waals surface area (Å²) in [4.78, 5) is 15.9. The summed E-state index contributed by atoms with van der Waals surface area (Å²) in [7, 11) is 2.15. The van der Waals surface area contributed by atoms with Crippen LogP contribution in [0.2, 0.25) is 0 Å². The number of amides is 1. The van der Waals surface area contributed by atoms with Gasteiger partial charge in [-0.05, 0) is 31.3 Å². The van der Waals surface area contributed by atoms with E-state index in [1.165, 1.54) is 0 Å². The van der Waals surface area contributed by atoms with Crippen LogP contribution in [0.15, 0.2) is 24.3 Å². The van der Waals surface area contributed by atoms with Gasteiger partial charge >= 0.3 is 0 Å². The summed E-state index contributed by atoms with van der Waals surface area (Å²) in [6, 6.07) is 7.35. The molecule has 0 atom stereocenters. The Hall–Kier alpha value is -0.760. The van der Waals surface area contributed by atoms with Crippen molar-refractivity contribution in [1.29, 1.82) is 0 Å². The van der Waals surface area contributed by atoms with E-state index in [0.717, 1.165) is 44.2 Å². The molecule has 24 heavy (non-hydrogen) atoms. The Bertz CT molecular complexity index is 455. The van der Waals surface area contributed by atoms with Crippen LogP contribution in [0.3, 0.4) is 0 Å². The highest BCUT2D eigenvalue weighted by Gasteiger charge is 2.13. The number of nitrogens with one attached hydrogen (secondary N) is 1. The number of benzene rings is 1. The first-order valence-electron chi connectivity index (χ1n) is 7.31. The second kappa shape index (κ2) is 13.5. The summed E-state index contributed by atoms with van der Waals surface area (Å²) in [5.41, 5.74) is 5.98. The Kier molecular flexibility index (Phi) is 14.4. The number of hydrogen-bond donors (Lipinski definition) is 2. The number of nitrogens with zero attached hydrogens (tertiary/aromatic N) is 2. The van der Waals surface area contributed by atoms with E-state index in [-0.39, 0.29) is 49.7 Å². The van der Waals surface area contributed by atoms with Gasteiger partial charge in [-0.3, -0.25) is 9.69 Å². The van der Waals surface area contributed by atoms with E-state index in [1.807, 2.05) is 24.3 Å². The Morgan fingerprint density at radius 2 is 1.71 bits per heavy atom. The van der Waals surface area contributed by atoms with Gasteiger partial charge in [-0.1, -0.05) is 0 Å². The van der Waals surface area contributed by atoms with Crippen molar-refractivity contribution < 1.29 is 9.53 Å². The van der Waals surface area contributed by atoms with E-state index in [4.69, 9.17) is 10.5 Å². The number of ether oxygens (including phenoxy) is 1. The molecule has 1 heterocycles. The smallest absolute Gasteiger partial charge is 0.238 e. The number of piperazine rings is 1. The zero-order chi connectivity index (χ0) is 15.1. The van der Waals surface area contributed by atoms with Crippen molar-refractivity contribution in [3.63, 3.8) is 0 Å². The molecule has 1 aromatic rings. The van der Waals surface area contributed by atoms with Crippen LogP contribution >= 0.6 is 37.2 Å². The molecule has 0 unspecified atom stereocenters. The molecule has 1 fully saturated rings. The van der Waals surface area contributed by atoms with Crippen LogP contribution in [0.5, 0.6) is 5.75 Å². The third-order valence-electron chi connectivity index (χ3n) is 3.60. The highest BCUT2D eigenvalue weighted by Crippen LogP contribution is 2.15. The van der Waals surface area contributed by atoms with Gasteiger partial charge in [0.05, 0.1) is 6.54 Å². The van der Waals surface area contributed by atoms with E-state index in [2.05, 4.69) is 22.2 Å². The predicted octanol–water partition coefficient (Wildman–Crippen LogP) is 1.48. The molecule has 1 aromatic carbocycles. The van der Waals surface area contributed by atoms with Gasteiger partial charge in [0, 0.05) is 38.4 Å². The lowest BCUT2D eigenvalue weighted by Gasteiger charge is -2.32. The lowest BCUT2D eigenvalue weighted by atomic mass is 10.3. The molecule has 0 saturated carbocycles. The first kappa shape index (κ1) is 25.5. The van der Waals surface area contributed by atoms with Gasteiger partial charge < -0.3 is 20.7 Å². The number of hydrogen-bond acceptors (Lipinski definition) is 5. The molecule has 0 aliphatic carbocycles. The Balaban J connectivity index is 0. The summed E-state index contributed by atoms with van der Waals surface area (Å²) in [6.07, 6.45) is 0. The predicted molar refractivity (Wildman–Crippen MR) is 105 cm³/mol. The van der Waals surface area contributed by atoms with E-state index >= 15 is 0 Å². The topological polar surface area (TPSA) is 70.8 Å². The van der Waals surface area contributed by atoms with Crippen molar-refractivity contribution in [3.8, 4) is 5.75 Å². The number of nitrogens with two attached hydrogens (primary N) is 1. The fraction of sp³-hybridized carbons (Fsp3) is 0.533. The van der Waals surface area contributed by atoms with Crippen molar-refractivity contribution in [3.05, 3.63) is 24.3 Å². The molecule has 6 nitrogen and oxygen atoms in total. The van der Waals surface area contributed by atoms with Crippen molar-refractivity contribution in [2.45, 2.75) is 0 Å². The van der Waals surface area contributed by atoms with Gasteiger partial charge in [0.2, 0.25) is 5.91 Å². The third-order valence-corrected chi connectivity index (χ3v) is 3.60. The second-order valence-electron chi connectivity index (χ2n) is 5.27. The maximum atomic E-state index is 11.2. The van der Waals surface area contributed by atoms with Gasteiger partial charge in [0.15, 0.2) is 0 Å². The van der Waals surface area contributed by atoms with Gasteiger partial charge in [-0.25, -0.2) is 0 Å². The molecule has 0 aromatic heterocycles. The van der Waals surface area contributed by atoms with Gasteiger partial charge in [0.25, 0.3) is 0 Å². The molecule has 9 heteroatoms. The largest absolute Gasteiger partial charge is 0.492 e. The van der Waals surface area contributed by atoms with Crippen LogP contribution in [0, 0.1) is 0 Å². The Morgan fingerprint density at radius 3 is 2.25 bits per heavy atom. The summed E-state index contributed by atoms with van der Waals surface area (Å²) >= 11 is 0. The maximum Gasteiger partial charge on any atom is 0.238 e. The summed E-state index contributed by atoms with van der Waals surface area (Å²) in [6.45, 7) is 6.06. The van der Waals surface area contributed by atoms with Crippen molar-refractivity contribution in [1.82, 2.24) is 9.80 Å². The quantitative estimate of drug-likeness (QED) is 0.755. The minimum Gasteiger partial charge on any atom is -0.492 e. The summed E-state index contributed by atoms with van der Waals surface area (Å²) in [5.74, 6) is 0.619. The lowest BCUT2D eigenvalue weighted by molar-refractivity contribution is -0.114. The van der Waals surface area contributed by atoms with Crippen LogP contribution in [0.1, 0.15) is 0 Å². The summed E-state index contributed by atoms with van der Waals surface area (Å²) in [5, 5.41) is 2.70. The Labute approximate surface area is 162 Å². The van der Waals surface area contributed by atoms with Gasteiger partial charge in [-0.15, -0.1) is 37.2 Å². The number of carbonyl (C=O) groups is 1. The van der Waals surface area contributed by atoms with Crippen LogP contribution in [-0.4, -0.2) is 68.6 Å². The monoisotopic (exact) mass is 400 g/mol. The number of carbonyl (C=O) groups excluding carboxylic acids is 1. The molecule has 1 aliphatic heterocycles. The van der Waals surface area contributed by atoms with Crippen molar-refractivity contribution >= 4 is 48.8 Å². The molecule has 1 saturated heterocycles. The number of likely N-dealkylation sites (N-methyl/N-ethyl adjacent to an activating group) is 1. The zero-order valence-corrected chi connectivity index (χ0v) is 16.2. The second-order valence-corrected chi connectivity index (χ2v) is 5.27. The van der Waals surface area contributed by atoms with E-state index < -0.39 is 0 Å². The molecular weight excluding hydrogens is 375 g/mol. The van der Waals surface area contributed by atoms with Crippen LogP contribution < -0.4 is 15.8 Å². The summed E-state index contributed by atoms with van der Waals surface area (Å²) < 4.78 is 5.73. The minimum absolute atomic E-state index is 0. The minimum atomic E-state index is -0.196. The molecular formula is C15H27Cl3N4O2. The number of rotatable bonds is 6. The van der Waals surface area contributed by atoms with Crippen molar-refractivity contribution in [2.24, 2.45) is 5.73 Å². The van der Waals surface area contributed by atoms with E-state index in [0.29, 0.717) is 6.61 Å². The SMILES string of the molecule is CN1CCN(CCOc2ccc(NC(=O)CN)cc2)CC1.Cl.Cl.Cl. The number of halogens is 3. The number of anilines is 1. The van der Waals surface area contributed by atoms with Crippen molar-refractivity contribution in [2.75, 3.05) is 58.2 Å². The average molecular weight is 402 g/mol. The lowest BCUT2D eigenvalue weighted by Crippen LogP contribution is -2.45. The molecule has 0 bridgehead atoms. The highest BCUT2D eigenvalue weighted by molar-refractivity contribution is 5.92. The molecule has 0 spiro atoms. The van der Waals surface area contributed by atoms with Crippen LogP contribution in [0.4, 0.5) is 5.69 Å². The molecule has 1 amide bonds. The molecule has 2 rings (SSSR count). The van der Waals surface area contributed by atoms with Crippen LogP contribution in [-0.2, 0) is 4.79 Å². The van der Waals surface area contributed by atoms with Gasteiger partial charge in [-0.2, -0.15) is 0 Å². The molecule has 3 N–H and O–H groups in total. The fourth-order valence-corrected chi connectivity index (χ4v) is 2.21. The van der Waals surface area contributed by atoms with E-state index in [9.17, 15) is 4.79 Å². The first-order valence-corrected chi connectivity index (χ1v) is 7.31. The average Bonchev–Trinajstić information content (AvgIpc) is 2.51. The maximum absolute atomic E-state index is 11.2. The highest BCUT2D eigenvalue weighted by atomic mass is 35.5.